The lowest BCUT2D eigenvalue weighted by atomic mass is 10.1. The Kier molecular flexibility index (Phi) is 6.07. The van der Waals surface area contributed by atoms with Gasteiger partial charge in [-0.2, -0.15) is 11.3 Å². The SMILES string of the molecule is Cc1cccc(C)c1NC(=O)CN1CCN(c2nc(-c3ccsc3)nc3ccccc23)CC1. The average Bonchev–Trinajstić information content (AvgIpc) is 3.37. The second kappa shape index (κ2) is 9.29. The van der Waals surface area contributed by atoms with E-state index in [0.717, 1.165) is 71.1 Å². The molecule has 2 aromatic heterocycles. The van der Waals surface area contributed by atoms with Gasteiger partial charge in [0.25, 0.3) is 0 Å². The maximum Gasteiger partial charge on any atom is 0.238 e. The van der Waals surface area contributed by atoms with Gasteiger partial charge in [0.1, 0.15) is 5.82 Å². The smallest absolute Gasteiger partial charge is 0.238 e. The van der Waals surface area contributed by atoms with E-state index >= 15 is 0 Å². The van der Waals surface area contributed by atoms with Crippen molar-refractivity contribution in [3.8, 4) is 11.4 Å². The molecule has 0 spiro atoms. The monoisotopic (exact) mass is 457 g/mol. The summed E-state index contributed by atoms with van der Waals surface area (Å²) < 4.78 is 0. The molecule has 1 aliphatic heterocycles. The molecule has 5 rings (SSSR count). The normalized spacial score (nSPS) is 14.5. The number of aromatic nitrogens is 2. The van der Waals surface area contributed by atoms with E-state index in [1.807, 2.05) is 50.2 Å². The topological polar surface area (TPSA) is 61.4 Å². The number of benzene rings is 2. The summed E-state index contributed by atoms with van der Waals surface area (Å²) in [6, 6.07) is 16.3. The van der Waals surface area contributed by atoms with E-state index in [1.165, 1.54) is 0 Å². The fourth-order valence-electron chi connectivity index (χ4n) is 4.33. The number of hydrogen-bond donors (Lipinski definition) is 1. The molecule has 1 N–H and O–H groups in total. The number of hydrogen-bond acceptors (Lipinski definition) is 6. The van der Waals surface area contributed by atoms with Crippen LogP contribution >= 0.6 is 11.3 Å². The molecule has 0 unspecified atom stereocenters. The molecule has 1 amide bonds. The summed E-state index contributed by atoms with van der Waals surface area (Å²) in [5, 5.41) is 8.30. The van der Waals surface area contributed by atoms with Crippen LogP contribution in [0.3, 0.4) is 0 Å². The van der Waals surface area contributed by atoms with E-state index in [2.05, 4.69) is 38.0 Å². The van der Waals surface area contributed by atoms with Gasteiger partial charge in [-0.1, -0.05) is 30.3 Å². The highest BCUT2D eigenvalue weighted by Gasteiger charge is 2.23. The maximum absolute atomic E-state index is 12.7. The van der Waals surface area contributed by atoms with Crippen LogP contribution in [0, 0.1) is 13.8 Å². The van der Waals surface area contributed by atoms with E-state index < -0.39 is 0 Å². The summed E-state index contributed by atoms with van der Waals surface area (Å²) >= 11 is 1.65. The van der Waals surface area contributed by atoms with Crippen LogP contribution in [0.2, 0.25) is 0 Å². The third-order valence-electron chi connectivity index (χ3n) is 6.15. The first-order chi connectivity index (χ1) is 16.1. The molecule has 3 heterocycles. The fourth-order valence-corrected chi connectivity index (χ4v) is 4.97. The lowest BCUT2D eigenvalue weighted by Gasteiger charge is -2.35. The Hall–Kier alpha value is -3.29. The fraction of sp³-hybridized carbons (Fsp3) is 0.269. The quantitative estimate of drug-likeness (QED) is 0.469. The molecule has 0 radical (unpaired) electrons. The highest BCUT2D eigenvalue weighted by atomic mass is 32.1. The van der Waals surface area contributed by atoms with Crippen LogP contribution in [0.25, 0.3) is 22.3 Å². The van der Waals surface area contributed by atoms with Crippen LogP contribution in [0.15, 0.2) is 59.3 Å². The summed E-state index contributed by atoms with van der Waals surface area (Å²) in [7, 11) is 0. The van der Waals surface area contributed by atoms with Crippen molar-refractivity contribution in [2.24, 2.45) is 0 Å². The Balaban J connectivity index is 1.29. The molecule has 33 heavy (non-hydrogen) atoms. The van der Waals surface area contributed by atoms with Crippen molar-refractivity contribution in [2.45, 2.75) is 13.8 Å². The van der Waals surface area contributed by atoms with Gasteiger partial charge in [0.05, 0.1) is 12.1 Å². The Bertz CT molecular complexity index is 1260. The molecule has 0 aliphatic carbocycles. The Morgan fingerprint density at radius 3 is 2.45 bits per heavy atom. The second-order valence-corrected chi connectivity index (χ2v) is 9.26. The summed E-state index contributed by atoms with van der Waals surface area (Å²) in [6.07, 6.45) is 0. The van der Waals surface area contributed by atoms with Crippen molar-refractivity contribution in [2.75, 3.05) is 42.9 Å². The molecular formula is C26H27N5OS. The van der Waals surface area contributed by atoms with Gasteiger partial charge in [-0.15, -0.1) is 0 Å². The molecule has 6 nitrogen and oxygen atoms in total. The number of piperazine rings is 1. The summed E-state index contributed by atoms with van der Waals surface area (Å²) in [5.41, 5.74) is 5.11. The van der Waals surface area contributed by atoms with Crippen LogP contribution in [0.5, 0.6) is 0 Å². The molecule has 0 saturated carbocycles. The lowest BCUT2D eigenvalue weighted by molar-refractivity contribution is -0.117. The molecule has 1 saturated heterocycles. The van der Waals surface area contributed by atoms with Crippen molar-refractivity contribution >= 4 is 39.7 Å². The van der Waals surface area contributed by atoms with E-state index in [4.69, 9.17) is 9.97 Å². The van der Waals surface area contributed by atoms with Gasteiger partial charge in [0.15, 0.2) is 5.82 Å². The molecule has 2 aromatic carbocycles. The van der Waals surface area contributed by atoms with Crippen LogP contribution in [-0.4, -0.2) is 53.5 Å². The van der Waals surface area contributed by atoms with Crippen LogP contribution in [-0.2, 0) is 4.79 Å². The minimum Gasteiger partial charge on any atom is -0.353 e. The standard InChI is InChI=1S/C26H27N5OS/c1-18-6-5-7-19(2)24(18)28-23(32)16-30-11-13-31(14-12-30)26-21-8-3-4-9-22(21)27-25(29-26)20-10-15-33-17-20/h3-10,15,17H,11-14,16H2,1-2H3,(H,28,32). The van der Waals surface area contributed by atoms with Gasteiger partial charge in [-0.05, 0) is 48.6 Å². The largest absolute Gasteiger partial charge is 0.353 e. The van der Waals surface area contributed by atoms with Crippen molar-refractivity contribution < 1.29 is 4.79 Å². The molecule has 0 atom stereocenters. The van der Waals surface area contributed by atoms with Crippen LogP contribution in [0.4, 0.5) is 11.5 Å². The highest BCUT2D eigenvalue weighted by Crippen LogP contribution is 2.29. The third-order valence-corrected chi connectivity index (χ3v) is 6.83. The number of para-hydroxylation sites is 2. The number of fused-ring (bicyclic) bond motifs is 1. The highest BCUT2D eigenvalue weighted by molar-refractivity contribution is 7.08. The Labute approximate surface area is 197 Å². The van der Waals surface area contributed by atoms with E-state index in [1.54, 1.807) is 11.3 Å². The number of nitrogens with zero attached hydrogens (tertiary/aromatic N) is 4. The van der Waals surface area contributed by atoms with Gasteiger partial charge in [-0.3, -0.25) is 9.69 Å². The number of carbonyl (C=O) groups excluding carboxylic acids is 1. The van der Waals surface area contributed by atoms with Crippen molar-refractivity contribution in [3.05, 3.63) is 70.4 Å². The third kappa shape index (κ3) is 4.60. The molecule has 4 aromatic rings. The van der Waals surface area contributed by atoms with E-state index in [0.29, 0.717) is 6.54 Å². The van der Waals surface area contributed by atoms with E-state index in [-0.39, 0.29) is 5.91 Å². The second-order valence-electron chi connectivity index (χ2n) is 8.48. The molecular weight excluding hydrogens is 430 g/mol. The summed E-state index contributed by atoms with van der Waals surface area (Å²) in [4.78, 5) is 27.0. The van der Waals surface area contributed by atoms with Gasteiger partial charge >= 0.3 is 0 Å². The van der Waals surface area contributed by atoms with Crippen molar-refractivity contribution in [3.63, 3.8) is 0 Å². The van der Waals surface area contributed by atoms with Crippen LogP contribution in [0.1, 0.15) is 11.1 Å². The molecule has 0 bridgehead atoms. The van der Waals surface area contributed by atoms with Crippen molar-refractivity contribution in [1.29, 1.82) is 0 Å². The van der Waals surface area contributed by atoms with Gasteiger partial charge < -0.3 is 10.2 Å². The predicted octanol–water partition coefficient (Wildman–Crippen LogP) is 4.74. The molecule has 1 fully saturated rings. The first-order valence-electron chi connectivity index (χ1n) is 11.2. The van der Waals surface area contributed by atoms with Gasteiger partial charge in [0, 0.05) is 48.2 Å². The average molecular weight is 458 g/mol. The molecule has 168 valence electrons. The minimum absolute atomic E-state index is 0.0353. The Morgan fingerprint density at radius 2 is 1.73 bits per heavy atom. The number of nitrogens with one attached hydrogen (secondary N) is 1. The molecule has 1 aliphatic rings. The van der Waals surface area contributed by atoms with Crippen molar-refractivity contribution in [1.82, 2.24) is 14.9 Å². The maximum atomic E-state index is 12.7. The minimum atomic E-state index is 0.0353. The first-order valence-corrected chi connectivity index (χ1v) is 12.2. The first kappa shape index (κ1) is 21.6. The van der Waals surface area contributed by atoms with Gasteiger partial charge in [0.2, 0.25) is 5.91 Å². The summed E-state index contributed by atoms with van der Waals surface area (Å²) in [5.74, 6) is 1.77. The zero-order valence-corrected chi connectivity index (χ0v) is 19.7. The number of carbonyl (C=O) groups is 1. The van der Waals surface area contributed by atoms with Crippen LogP contribution < -0.4 is 10.2 Å². The van der Waals surface area contributed by atoms with E-state index in [9.17, 15) is 4.79 Å². The number of rotatable bonds is 5. The number of amides is 1. The predicted molar refractivity (Wildman–Crippen MR) is 136 cm³/mol. The van der Waals surface area contributed by atoms with Gasteiger partial charge in [-0.25, -0.2) is 9.97 Å². The zero-order valence-electron chi connectivity index (χ0n) is 18.9. The number of aryl methyl sites for hydroxylation is 2. The summed E-state index contributed by atoms with van der Waals surface area (Å²) in [6.45, 7) is 7.71. The zero-order chi connectivity index (χ0) is 22.8. The number of thiophene rings is 1. The lowest BCUT2D eigenvalue weighted by Crippen LogP contribution is -2.49. The number of anilines is 2. The Morgan fingerprint density at radius 1 is 0.970 bits per heavy atom. The molecule has 7 heteroatoms.